The molecule has 0 saturated heterocycles. The Hall–Kier alpha value is -3.53. The molecule has 0 spiro atoms. The molecule has 25 heavy (non-hydrogen) atoms. The molecule has 0 saturated carbocycles. The van der Waals surface area contributed by atoms with Gasteiger partial charge in [0.15, 0.2) is 5.82 Å². The van der Waals surface area contributed by atoms with Crippen molar-refractivity contribution in [2.75, 3.05) is 5.43 Å². The van der Waals surface area contributed by atoms with Crippen LogP contribution in [-0.2, 0) is 0 Å². The van der Waals surface area contributed by atoms with Crippen molar-refractivity contribution in [1.29, 1.82) is 0 Å². The van der Waals surface area contributed by atoms with Crippen molar-refractivity contribution in [2.45, 2.75) is 0 Å². The molecule has 0 bridgehead atoms. The maximum absolute atomic E-state index is 12.2. The highest BCUT2D eigenvalue weighted by Gasteiger charge is 2.13. The zero-order valence-corrected chi connectivity index (χ0v) is 13.3. The Kier molecular flexibility index (Phi) is 3.51. The van der Waals surface area contributed by atoms with Gasteiger partial charge >= 0.3 is 5.91 Å². The zero-order valence-electron chi connectivity index (χ0n) is 12.5. The van der Waals surface area contributed by atoms with Crippen LogP contribution >= 0.6 is 11.3 Å². The number of nitrogens with zero attached hydrogens (tertiary/aromatic N) is 3. The van der Waals surface area contributed by atoms with Gasteiger partial charge in [0.05, 0.1) is 26.2 Å². The fraction of sp³-hybridized carbons (Fsp3) is 0. The number of nitrogens with one attached hydrogen (secondary N) is 3. The Morgan fingerprint density at radius 3 is 2.80 bits per heavy atom. The number of H-pyrrole nitrogens is 1. The van der Waals surface area contributed by atoms with Gasteiger partial charge in [0.2, 0.25) is 5.13 Å². The number of non-ortho nitro benzene ring substituents is 1. The number of hydrazine groups is 1. The van der Waals surface area contributed by atoms with Crippen molar-refractivity contribution in [1.82, 2.24) is 20.4 Å². The molecule has 0 aliphatic carbocycles. The minimum absolute atomic E-state index is 0.0318. The van der Waals surface area contributed by atoms with Crippen LogP contribution in [0.1, 0.15) is 10.6 Å². The van der Waals surface area contributed by atoms with Gasteiger partial charge in [-0.3, -0.25) is 25.8 Å². The maximum Gasteiger partial charge on any atom is 0.305 e. The average molecular weight is 354 g/mol. The summed E-state index contributed by atoms with van der Waals surface area (Å²) in [6.45, 7) is 0. The second-order valence-electron chi connectivity index (χ2n) is 5.11. The molecule has 0 aliphatic rings. The number of fused-ring (bicyclic) bond motifs is 2. The van der Waals surface area contributed by atoms with Crippen LogP contribution in [0, 0.1) is 10.1 Å². The highest BCUT2D eigenvalue weighted by molar-refractivity contribution is 7.22. The van der Waals surface area contributed by atoms with Gasteiger partial charge in [-0.2, -0.15) is 0 Å². The first-order valence-corrected chi connectivity index (χ1v) is 7.98. The van der Waals surface area contributed by atoms with Crippen molar-refractivity contribution >= 4 is 49.3 Å². The molecule has 9 nitrogen and oxygen atoms in total. The van der Waals surface area contributed by atoms with Gasteiger partial charge in [-0.15, -0.1) is 0 Å². The van der Waals surface area contributed by atoms with E-state index in [4.69, 9.17) is 0 Å². The SMILES string of the molecule is O=C(NNc1nc2cc([N+](=O)[O-])ccc2s1)c1nc2ccccc2[nH]1. The largest absolute Gasteiger partial charge is 0.334 e. The van der Waals surface area contributed by atoms with E-state index < -0.39 is 10.8 Å². The van der Waals surface area contributed by atoms with Gasteiger partial charge in [-0.1, -0.05) is 23.5 Å². The summed E-state index contributed by atoms with van der Waals surface area (Å²) >= 11 is 1.27. The number of amides is 1. The van der Waals surface area contributed by atoms with Crippen molar-refractivity contribution in [3.05, 3.63) is 58.4 Å². The molecule has 0 radical (unpaired) electrons. The number of carbonyl (C=O) groups is 1. The molecule has 2 aromatic carbocycles. The van der Waals surface area contributed by atoms with Gasteiger partial charge in [0, 0.05) is 12.1 Å². The van der Waals surface area contributed by atoms with Crippen LogP contribution in [0.2, 0.25) is 0 Å². The lowest BCUT2D eigenvalue weighted by Gasteiger charge is -2.02. The maximum atomic E-state index is 12.2. The topological polar surface area (TPSA) is 126 Å². The number of aromatic amines is 1. The van der Waals surface area contributed by atoms with E-state index in [1.807, 2.05) is 18.2 Å². The van der Waals surface area contributed by atoms with Crippen molar-refractivity contribution in [3.8, 4) is 0 Å². The number of aromatic nitrogens is 3. The Bertz CT molecular complexity index is 1090. The number of hydrogen-bond acceptors (Lipinski definition) is 7. The normalized spacial score (nSPS) is 10.9. The number of rotatable bonds is 4. The number of benzene rings is 2. The first-order valence-electron chi connectivity index (χ1n) is 7.16. The van der Waals surface area contributed by atoms with Crippen LogP contribution in [-0.4, -0.2) is 25.8 Å². The minimum Gasteiger partial charge on any atom is -0.334 e. The molecule has 0 aliphatic heterocycles. The third-order valence-corrected chi connectivity index (χ3v) is 4.42. The number of carbonyl (C=O) groups excluding carboxylic acids is 1. The van der Waals surface area contributed by atoms with Crippen molar-refractivity contribution in [3.63, 3.8) is 0 Å². The first kappa shape index (κ1) is 15.0. The molecule has 0 atom stereocenters. The summed E-state index contributed by atoms with van der Waals surface area (Å²) in [5, 5.41) is 11.2. The van der Waals surface area contributed by atoms with Crippen LogP contribution in [0.4, 0.5) is 10.8 Å². The van der Waals surface area contributed by atoms with Gasteiger partial charge in [0.25, 0.3) is 5.69 Å². The van der Waals surface area contributed by atoms with Crippen LogP contribution in [0.25, 0.3) is 21.3 Å². The summed E-state index contributed by atoms with van der Waals surface area (Å²) in [7, 11) is 0. The van der Waals surface area contributed by atoms with Gasteiger partial charge in [-0.25, -0.2) is 9.97 Å². The monoisotopic (exact) mass is 354 g/mol. The summed E-state index contributed by atoms with van der Waals surface area (Å²) in [4.78, 5) is 33.8. The Morgan fingerprint density at radius 1 is 1.16 bits per heavy atom. The van der Waals surface area contributed by atoms with Crippen LogP contribution < -0.4 is 10.9 Å². The van der Waals surface area contributed by atoms with E-state index in [1.165, 1.54) is 23.5 Å². The lowest BCUT2D eigenvalue weighted by atomic mass is 10.3. The highest BCUT2D eigenvalue weighted by atomic mass is 32.1. The second-order valence-corrected chi connectivity index (χ2v) is 6.14. The summed E-state index contributed by atoms with van der Waals surface area (Å²) < 4.78 is 0.770. The molecular weight excluding hydrogens is 344 g/mol. The van der Waals surface area contributed by atoms with E-state index in [-0.39, 0.29) is 11.5 Å². The number of anilines is 1. The van der Waals surface area contributed by atoms with Crippen LogP contribution in [0.15, 0.2) is 42.5 Å². The van der Waals surface area contributed by atoms with E-state index in [0.717, 1.165) is 10.2 Å². The number of para-hydroxylation sites is 2. The standard InChI is InChI=1S/C15H10N6O3S/c22-14(13-16-9-3-1-2-4-10(9)17-13)19-20-15-18-11-7-8(21(23)24)5-6-12(11)25-15/h1-7H,(H,16,17)(H,18,20)(H,19,22). The number of imidazole rings is 1. The molecule has 1 amide bonds. The molecule has 4 rings (SSSR count). The lowest BCUT2D eigenvalue weighted by Crippen LogP contribution is -2.30. The molecule has 0 fully saturated rings. The average Bonchev–Trinajstić information content (AvgIpc) is 3.22. The van der Waals surface area contributed by atoms with Gasteiger partial charge < -0.3 is 4.98 Å². The fourth-order valence-electron chi connectivity index (χ4n) is 2.31. The molecule has 2 aromatic heterocycles. The molecule has 124 valence electrons. The third-order valence-electron chi connectivity index (χ3n) is 3.47. The number of thiazole rings is 1. The first-order chi connectivity index (χ1) is 12.1. The lowest BCUT2D eigenvalue weighted by molar-refractivity contribution is -0.384. The van der Waals surface area contributed by atoms with Crippen LogP contribution in [0.5, 0.6) is 0 Å². The fourth-order valence-corrected chi connectivity index (χ4v) is 3.11. The smallest absolute Gasteiger partial charge is 0.305 e. The Balaban J connectivity index is 1.51. The van der Waals surface area contributed by atoms with Crippen molar-refractivity contribution < 1.29 is 9.72 Å². The zero-order chi connectivity index (χ0) is 17.4. The van der Waals surface area contributed by atoms with E-state index in [9.17, 15) is 14.9 Å². The van der Waals surface area contributed by atoms with Gasteiger partial charge in [0.1, 0.15) is 0 Å². The predicted molar refractivity (Wildman–Crippen MR) is 93.5 cm³/mol. The molecule has 4 aromatic rings. The minimum atomic E-state index is -0.477. The number of hydrogen-bond donors (Lipinski definition) is 3. The Morgan fingerprint density at radius 2 is 2.00 bits per heavy atom. The molecule has 2 heterocycles. The van der Waals surface area contributed by atoms with Crippen molar-refractivity contribution in [2.24, 2.45) is 0 Å². The summed E-state index contributed by atoms with van der Waals surface area (Å²) in [5.41, 5.74) is 7.12. The molecule has 3 N–H and O–H groups in total. The molecule has 0 unspecified atom stereocenters. The third kappa shape index (κ3) is 2.85. The van der Waals surface area contributed by atoms with E-state index in [2.05, 4.69) is 25.8 Å². The summed E-state index contributed by atoms with van der Waals surface area (Å²) in [6.07, 6.45) is 0. The summed E-state index contributed by atoms with van der Waals surface area (Å²) in [6, 6.07) is 11.7. The van der Waals surface area contributed by atoms with E-state index >= 15 is 0 Å². The predicted octanol–water partition coefficient (Wildman–Crippen LogP) is 2.84. The van der Waals surface area contributed by atoms with E-state index in [0.29, 0.717) is 16.2 Å². The van der Waals surface area contributed by atoms with Crippen LogP contribution in [0.3, 0.4) is 0 Å². The quantitative estimate of drug-likeness (QED) is 0.382. The second kappa shape index (κ2) is 5.83. The van der Waals surface area contributed by atoms with Gasteiger partial charge in [-0.05, 0) is 18.2 Å². The molecule has 10 heteroatoms. The Labute approximate surface area is 143 Å². The van der Waals surface area contributed by atoms with E-state index in [1.54, 1.807) is 12.1 Å². The highest BCUT2D eigenvalue weighted by Crippen LogP contribution is 2.28. The number of nitro groups is 1. The number of nitro benzene ring substituents is 1. The molecular formula is C15H10N6O3S. The summed E-state index contributed by atoms with van der Waals surface area (Å²) in [5.74, 6) is -0.271.